The molecule has 0 aliphatic heterocycles. The van der Waals surface area contributed by atoms with Crippen LogP contribution in [0.1, 0.15) is 28.8 Å². The lowest BCUT2D eigenvalue weighted by atomic mass is 10.1. The van der Waals surface area contributed by atoms with Gasteiger partial charge in [0.15, 0.2) is 0 Å². The Labute approximate surface area is 121 Å². The number of hydrogen-bond donors (Lipinski definition) is 1. The van der Waals surface area contributed by atoms with Crippen LogP contribution < -0.4 is 5.32 Å². The molecule has 1 aliphatic rings. The van der Waals surface area contributed by atoms with Crippen molar-refractivity contribution in [3.8, 4) is 0 Å². The van der Waals surface area contributed by atoms with Gasteiger partial charge in [-0.05, 0) is 37.8 Å². The Bertz CT molecular complexity index is 470. The van der Waals surface area contributed by atoms with Gasteiger partial charge in [0.05, 0.1) is 12.2 Å². The highest BCUT2D eigenvalue weighted by atomic mass is 16.5. The number of nitrogens with zero attached hydrogens (tertiary/aromatic N) is 1. The third-order valence-corrected chi connectivity index (χ3v) is 3.64. The topological polar surface area (TPSA) is 41.6 Å². The molecule has 1 amide bonds. The molecule has 1 N–H and O–H groups in total. The van der Waals surface area contributed by atoms with Crippen molar-refractivity contribution in [1.29, 1.82) is 0 Å². The second-order valence-electron chi connectivity index (χ2n) is 5.54. The summed E-state index contributed by atoms with van der Waals surface area (Å²) in [7, 11) is 3.66. The summed E-state index contributed by atoms with van der Waals surface area (Å²) >= 11 is 0. The monoisotopic (exact) mass is 276 g/mol. The van der Waals surface area contributed by atoms with E-state index in [1.807, 2.05) is 39.2 Å². The van der Waals surface area contributed by atoms with E-state index in [4.69, 9.17) is 4.74 Å². The Morgan fingerprint density at radius 2 is 2.20 bits per heavy atom. The van der Waals surface area contributed by atoms with E-state index in [1.165, 1.54) is 12.8 Å². The number of carbonyl (C=O) groups is 1. The number of aryl methyl sites for hydroxylation is 1. The van der Waals surface area contributed by atoms with Crippen LogP contribution in [-0.2, 0) is 4.74 Å². The van der Waals surface area contributed by atoms with Gasteiger partial charge in [-0.25, -0.2) is 0 Å². The predicted octanol–water partition coefficient (Wildman–Crippen LogP) is 2.54. The summed E-state index contributed by atoms with van der Waals surface area (Å²) in [5.41, 5.74) is 2.68. The summed E-state index contributed by atoms with van der Waals surface area (Å²) in [6.45, 7) is 4.07. The summed E-state index contributed by atoms with van der Waals surface area (Å²) in [6.07, 6.45) is 2.59. The number of carbonyl (C=O) groups excluding carboxylic acids is 1. The van der Waals surface area contributed by atoms with Crippen LogP contribution in [0.2, 0.25) is 0 Å². The highest BCUT2D eigenvalue weighted by Crippen LogP contribution is 2.28. The van der Waals surface area contributed by atoms with Crippen molar-refractivity contribution in [2.45, 2.75) is 19.8 Å². The zero-order valence-corrected chi connectivity index (χ0v) is 12.6. The quantitative estimate of drug-likeness (QED) is 0.778. The van der Waals surface area contributed by atoms with E-state index >= 15 is 0 Å². The first-order valence-corrected chi connectivity index (χ1v) is 7.23. The minimum Gasteiger partial charge on any atom is -0.387 e. The third-order valence-electron chi connectivity index (χ3n) is 3.64. The first kappa shape index (κ1) is 14.9. The molecule has 0 spiro atoms. The highest BCUT2D eigenvalue weighted by molar-refractivity contribution is 5.99. The summed E-state index contributed by atoms with van der Waals surface area (Å²) < 4.78 is 5.59. The van der Waals surface area contributed by atoms with Crippen molar-refractivity contribution >= 4 is 11.6 Å². The van der Waals surface area contributed by atoms with Gasteiger partial charge < -0.3 is 15.0 Å². The molecular weight excluding hydrogens is 252 g/mol. The maximum absolute atomic E-state index is 12.4. The third kappa shape index (κ3) is 3.97. The number of benzene rings is 1. The van der Waals surface area contributed by atoms with E-state index in [9.17, 15) is 4.79 Å². The highest BCUT2D eigenvalue weighted by Gasteiger charge is 2.21. The van der Waals surface area contributed by atoms with Gasteiger partial charge in [-0.2, -0.15) is 0 Å². The molecule has 0 aromatic heterocycles. The average Bonchev–Trinajstić information content (AvgIpc) is 3.26. The van der Waals surface area contributed by atoms with E-state index in [2.05, 4.69) is 5.32 Å². The fourth-order valence-corrected chi connectivity index (χ4v) is 2.10. The lowest BCUT2D eigenvalue weighted by Crippen LogP contribution is -2.30. The van der Waals surface area contributed by atoms with Gasteiger partial charge in [-0.1, -0.05) is 11.6 Å². The molecule has 4 heteroatoms. The normalized spacial score (nSPS) is 14.2. The van der Waals surface area contributed by atoms with Crippen LogP contribution in [0.4, 0.5) is 5.69 Å². The number of hydrogen-bond acceptors (Lipinski definition) is 3. The van der Waals surface area contributed by atoms with Crippen LogP contribution in [0.15, 0.2) is 18.2 Å². The van der Waals surface area contributed by atoms with Crippen molar-refractivity contribution in [2.24, 2.45) is 5.92 Å². The number of nitrogens with one attached hydrogen (secondary N) is 1. The number of ether oxygens (including phenoxy) is 1. The number of anilines is 1. The smallest absolute Gasteiger partial charge is 0.255 e. The molecule has 20 heavy (non-hydrogen) atoms. The van der Waals surface area contributed by atoms with Crippen LogP contribution in [0.25, 0.3) is 0 Å². The molecule has 1 aromatic rings. The molecule has 0 saturated heterocycles. The molecule has 1 saturated carbocycles. The summed E-state index contributed by atoms with van der Waals surface area (Å²) in [4.78, 5) is 14.2. The zero-order valence-electron chi connectivity index (χ0n) is 12.6. The number of amides is 1. The van der Waals surface area contributed by atoms with Crippen LogP contribution in [-0.4, -0.2) is 44.7 Å². The lowest BCUT2D eigenvalue weighted by Gasteiger charge is -2.19. The molecule has 110 valence electrons. The number of rotatable bonds is 7. The van der Waals surface area contributed by atoms with Gasteiger partial charge in [-0.15, -0.1) is 0 Å². The number of likely N-dealkylation sites (N-methyl/N-ethyl adjacent to an activating group) is 1. The van der Waals surface area contributed by atoms with Crippen molar-refractivity contribution in [1.82, 2.24) is 4.90 Å². The maximum Gasteiger partial charge on any atom is 0.255 e. The Hall–Kier alpha value is -1.55. The standard InChI is InChI=1S/C16H24N2O2/c1-12-4-7-15(17-2)14(10-12)16(19)18(3)8-9-20-11-13-5-6-13/h4,7,10,13,17H,5-6,8-9,11H2,1-3H3. The van der Waals surface area contributed by atoms with E-state index in [1.54, 1.807) is 4.90 Å². The Morgan fingerprint density at radius 3 is 2.85 bits per heavy atom. The van der Waals surface area contributed by atoms with Crippen LogP contribution in [0.5, 0.6) is 0 Å². The van der Waals surface area contributed by atoms with Crippen molar-refractivity contribution in [3.05, 3.63) is 29.3 Å². The molecular formula is C16H24N2O2. The molecule has 0 bridgehead atoms. The van der Waals surface area contributed by atoms with Gasteiger partial charge >= 0.3 is 0 Å². The van der Waals surface area contributed by atoms with Crippen molar-refractivity contribution in [3.63, 3.8) is 0 Å². The van der Waals surface area contributed by atoms with E-state index < -0.39 is 0 Å². The molecule has 1 fully saturated rings. The van der Waals surface area contributed by atoms with Gasteiger partial charge in [0.25, 0.3) is 5.91 Å². The van der Waals surface area contributed by atoms with Gasteiger partial charge in [0.1, 0.15) is 0 Å². The SMILES string of the molecule is CNc1ccc(C)cc1C(=O)N(C)CCOCC1CC1. The van der Waals surface area contributed by atoms with Crippen LogP contribution >= 0.6 is 0 Å². The average molecular weight is 276 g/mol. The van der Waals surface area contributed by atoms with Crippen molar-refractivity contribution < 1.29 is 9.53 Å². The minimum atomic E-state index is 0.0353. The molecule has 1 aliphatic carbocycles. The van der Waals surface area contributed by atoms with Gasteiger partial charge in [0.2, 0.25) is 0 Å². The summed E-state index contributed by atoms with van der Waals surface area (Å²) in [5.74, 6) is 0.803. The molecule has 1 aromatic carbocycles. The Kier molecular flexibility index (Phi) is 5.01. The van der Waals surface area contributed by atoms with Crippen molar-refractivity contribution in [2.75, 3.05) is 39.2 Å². The van der Waals surface area contributed by atoms with E-state index in [0.29, 0.717) is 13.2 Å². The molecule has 0 radical (unpaired) electrons. The second kappa shape index (κ2) is 6.75. The second-order valence-corrected chi connectivity index (χ2v) is 5.54. The van der Waals surface area contributed by atoms with Crippen LogP contribution in [0.3, 0.4) is 0 Å². The molecule has 0 heterocycles. The Morgan fingerprint density at radius 1 is 1.45 bits per heavy atom. The van der Waals surface area contributed by atoms with E-state index in [-0.39, 0.29) is 5.91 Å². The Balaban J connectivity index is 1.89. The predicted molar refractivity (Wildman–Crippen MR) is 81.2 cm³/mol. The fourth-order valence-electron chi connectivity index (χ4n) is 2.10. The van der Waals surface area contributed by atoms with E-state index in [0.717, 1.165) is 29.3 Å². The summed E-state index contributed by atoms with van der Waals surface area (Å²) in [6, 6.07) is 5.87. The maximum atomic E-state index is 12.4. The van der Waals surface area contributed by atoms with Gasteiger partial charge in [0, 0.05) is 32.9 Å². The van der Waals surface area contributed by atoms with Crippen LogP contribution in [0, 0.1) is 12.8 Å². The first-order valence-electron chi connectivity index (χ1n) is 7.23. The fraction of sp³-hybridized carbons (Fsp3) is 0.562. The summed E-state index contributed by atoms with van der Waals surface area (Å²) in [5, 5.41) is 3.07. The molecule has 0 unspecified atom stereocenters. The largest absolute Gasteiger partial charge is 0.387 e. The molecule has 4 nitrogen and oxygen atoms in total. The lowest BCUT2D eigenvalue weighted by molar-refractivity contribution is 0.0682. The zero-order chi connectivity index (χ0) is 14.5. The van der Waals surface area contributed by atoms with Gasteiger partial charge in [-0.3, -0.25) is 4.79 Å². The first-order chi connectivity index (χ1) is 9.61. The minimum absolute atomic E-state index is 0.0353. The molecule has 2 rings (SSSR count). The molecule has 0 atom stereocenters.